The average molecular weight is 462 g/mol. The molecule has 0 aliphatic heterocycles. The van der Waals surface area contributed by atoms with Crippen LogP contribution in [0.1, 0.15) is 21.0 Å². The first kappa shape index (κ1) is 20.9. The minimum Gasteiger partial charge on any atom is -0.321 e. The molecule has 0 saturated heterocycles. The molecule has 0 aliphatic carbocycles. The standard InChI is InChI=1S/C22H12F2N6O4/c23-11-1-5-13(6-2-11)27-19(31)15-17-21(33)30-10-26-16(18(30)22(34)29(17)9-25-15)20(32)28-14-7-3-12(24)4-8-14/h1-10H,(H,27,31)(H,28,32). The van der Waals surface area contributed by atoms with Crippen LogP contribution in [0.15, 0.2) is 70.8 Å². The Morgan fingerprint density at radius 3 is 1.35 bits per heavy atom. The fraction of sp³-hybridized carbons (Fsp3) is 0. The van der Waals surface area contributed by atoms with Gasteiger partial charge in [-0.15, -0.1) is 0 Å². The van der Waals surface area contributed by atoms with Crippen molar-refractivity contribution in [2.75, 3.05) is 10.6 Å². The SMILES string of the molecule is O=C(Nc1ccc(F)cc1)c1ncn2c(=O)c3c(C(=O)Nc4ccc(F)cc4)ncn3c(=O)c12. The maximum atomic E-state index is 13.1. The van der Waals surface area contributed by atoms with Crippen molar-refractivity contribution in [2.24, 2.45) is 0 Å². The largest absolute Gasteiger partial charge is 0.321 e. The Balaban J connectivity index is 1.56. The molecule has 5 aromatic rings. The lowest BCUT2D eigenvalue weighted by molar-refractivity contribution is 0.101. The molecule has 2 aromatic carbocycles. The molecule has 10 nitrogen and oxygen atoms in total. The predicted molar refractivity (Wildman–Crippen MR) is 116 cm³/mol. The van der Waals surface area contributed by atoms with Crippen molar-refractivity contribution in [3.8, 4) is 0 Å². The van der Waals surface area contributed by atoms with Crippen LogP contribution in [0.3, 0.4) is 0 Å². The highest BCUT2D eigenvalue weighted by atomic mass is 19.1. The summed E-state index contributed by atoms with van der Waals surface area (Å²) in [7, 11) is 0. The Kier molecular flexibility index (Phi) is 4.82. The van der Waals surface area contributed by atoms with E-state index in [2.05, 4.69) is 20.6 Å². The van der Waals surface area contributed by atoms with Crippen molar-refractivity contribution in [3.05, 3.63) is 105 Å². The van der Waals surface area contributed by atoms with Crippen LogP contribution < -0.4 is 21.8 Å². The highest BCUT2D eigenvalue weighted by Crippen LogP contribution is 2.14. The van der Waals surface area contributed by atoms with E-state index in [-0.39, 0.29) is 33.8 Å². The maximum absolute atomic E-state index is 13.1. The van der Waals surface area contributed by atoms with Crippen LogP contribution in [0, 0.1) is 11.6 Å². The van der Waals surface area contributed by atoms with Crippen molar-refractivity contribution in [2.45, 2.75) is 0 Å². The molecule has 0 atom stereocenters. The Morgan fingerprint density at radius 2 is 1.00 bits per heavy atom. The third-order valence-electron chi connectivity index (χ3n) is 5.01. The number of amides is 2. The molecule has 0 radical (unpaired) electrons. The molecule has 0 spiro atoms. The second-order valence-electron chi connectivity index (χ2n) is 7.16. The van der Waals surface area contributed by atoms with Gasteiger partial charge in [-0.2, -0.15) is 0 Å². The van der Waals surface area contributed by atoms with E-state index in [0.717, 1.165) is 45.7 Å². The Hall–Kier alpha value is -5.00. The van der Waals surface area contributed by atoms with E-state index in [1.807, 2.05) is 0 Å². The molecule has 12 heteroatoms. The van der Waals surface area contributed by atoms with Crippen molar-refractivity contribution < 1.29 is 18.4 Å². The maximum Gasteiger partial charge on any atom is 0.283 e. The van der Waals surface area contributed by atoms with E-state index in [1.165, 1.54) is 24.3 Å². The molecule has 0 bridgehead atoms. The first-order chi connectivity index (χ1) is 16.3. The smallest absolute Gasteiger partial charge is 0.283 e. The Morgan fingerprint density at radius 1 is 0.647 bits per heavy atom. The van der Waals surface area contributed by atoms with Gasteiger partial charge in [0.1, 0.15) is 35.3 Å². The van der Waals surface area contributed by atoms with E-state index in [1.54, 1.807) is 0 Å². The van der Waals surface area contributed by atoms with Crippen LogP contribution in [0.25, 0.3) is 11.0 Å². The number of hydrogen-bond acceptors (Lipinski definition) is 6. The number of benzene rings is 2. The van der Waals surface area contributed by atoms with Crippen LogP contribution in [0.2, 0.25) is 0 Å². The highest BCUT2D eigenvalue weighted by molar-refractivity contribution is 6.09. The van der Waals surface area contributed by atoms with E-state index < -0.39 is 34.6 Å². The predicted octanol–water partition coefficient (Wildman–Crippen LogP) is 1.92. The van der Waals surface area contributed by atoms with Gasteiger partial charge in [0.2, 0.25) is 0 Å². The number of nitrogens with zero attached hydrogens (tertiary/aromatic N) is 4. The number of nitrogens with one attached hydrogen (secondary N) is 2. The quantitative estimate of drug-likeness (QED) is 0.420. The molecule has 5 rings (SSSR count). The molecular formula is C22H12F2N6O4. The second kappa shape index (κ2) is 7.85. The zero-order chi connectivity index (χ0) is 24.0. The first-order valence-corrected chi connectivity index (χ1v) is 9.71. The summed E-state index contributed by atoms with van der Waals surface area (Å²) in [6, 6.07) is 9.86. The lowest BCUT2D eigenvalue weighted by Crippen LogP contribution is -2.28. The van der Waals surface area contributed by atoms with Crippen LogP contribution in [0.4, 0.5) is 20.2 Å². The third kappa shape index (κ3) is 3.43. The number of fused-ring (bicyclic) bond motifs is 2. The molecule has 0 aliphatic rings. The summed E-state index contributed by atoms with van der Waals surface area (Å²) in [6.45, 7) is 0. The zero-order valence-corrected chi connectivity index (χ0v) is 17.0. The van der Waals surface area contributed by atoms with Crippen LogP contribution >= 0.6 is 0 Å². The number of hydrogen-bond donors (Lipinski definition) is 2. The summed E-state index contributed by atoms with van der Waals surface area (Å²) >= 11 is 0. The molecular weight excluding hydrogens is 450 g/mol. The zero-order valence-electron chi connectivity index (χ0n) is 17.0. The monoisotopic (exact) mass is 462 g/mol. The van der Waals surface area contributed by atoms with Gasteiger partial charge in [-0.05, 0) is 48.5 Å². The minimum absolute atomic E-state index is 0.255. The molecule has 3 aromatic heterocycles. The summed E-state index contributed by atoms with van der Waals surface area (Å²) < 4.78 is 27.9. The Bertz CT molecular complexity index is 1570. The van der Waals surface area contributed by atoms with Crippen molar-refractivity contribution in [3.63, 3.8) is 0 Å². The number of anilines is 2. The van der Waals surface area contributed by atoms with E-state index in [4.69, 9.17) is 0 Å². The van der Waals surface area contributed by atoms with Gasteiger partial charge in [0.05, 0.1) is 0 Å². The summed E-state index contributed by atoms with van der Waals surface area (Å²) in [5, 5.41) is 4.95. The van der Waals surface area contributed by atoms with Gasteiger partial charge >= 0.3 is 0 Å². The summed E-state index contributed by atoms with van der Waals surface area (Å²) in [5.74, 6) is -2.58. The number of halogens is 2. The molecule has 3 heterocycles. The normalized spacial score (nSPS) is 11.1. The van der Waals surface area contributed by atoms with Crippen molar-refractivity contribution in [1.29, 1.82) is 0 Å². The van der Waals surface area contributed by atoms with Gasteiger partial charge in [-0.25, -0.2) is 18.7 Å². The minimum atomic E-state index is -0.801. The molecule has 2 amide bonds. The number of carbonyl (C=O) groups is 2. The fourth-order valence-corrected chi connectivity index (χ4v) is 3.42. The molecule has 0 fully saturated rings. The van der Waals surface area contributed by atoms with Gasteiger partial charge in [-0.3, -0.25) is 28.0 Å². The van der Waals surface area contributed by atoms with Crippen LogP contribution in [-0.2, 0) is 0 Å². The van der Waals surface area contributed by atoms with Crippen molar-refractivity contribution in [1.82, 2.24) is 18.8 Å². The van der Waals surface area contributed by atoms with Gasteiger partial charge in [0.25, 0.3) is 22.9 Å². The van der Waals surface area contributed by atoms with Crippen molar-refractivity contribution >= 4 is 34.2 Å². The molecule has 0 unspecified atom stereocenters. The molecule has 2 N–H and O–H groups in total. The van der Waals surface area contributed by atoms with E-state index in [9.17, 15) is 28.0 Å². The number of aromatic nitrogens is 4. The van der Waals surface area contributed by atoms with Gasteiger partial charge in [0, 0.05) is 11.4 Å². The average Bonchev–Trinajstić information content (AvgIpc) is 3.46. The number of imidazole rings is 2. The summed E-state index contributed by atoms with van der Waals surface area (Å²) in [4.78, 5) is 59.3. The first-order valence-electron chi connectivity index (χ1n) is 9.71. The van der Waals surface area contributed by atoms with E-state index in [0.29, 0.717) is 0 Å². The number of rotatable bonds is 4. The highest BCUT2D eigenvalue weighted by Gasteiger charge is 2.25. The number of carbonyl (C=O) groups excluding carboxylic acids is 2. The van der Waals surface area contributed by atoms with Gasteiger partial charge in [-0.1, -0.05) is 0 Å². The van der Waals surface area contributed by atoms with Gasteiger partial charge in [0.15, 0.2) is 11.4 Å². The van der Waals surface area contributed by atoms with Gasteiger partial charge < -0.3 is 10.6 Å². The summed E-state index contributed by atoms with van der Waals surface area (Å²) in [5.41, 5.74) is -2.40. The Labute approximate surface area is 187 Å². The molecule has 0 saturated carbocycles. The summed E-state index contributed by atoms with van der Waals surface area (Å²) in [6.07, 6.45) is 1.99. The lowest BCUT2D eigenvalue weighted by Gasteiger charge is -2.04. The lowest BCUT2D eigenvalue weighted by atomic mass is 10.2. The fourth-order valence-electron chi connectivity index (χ4n) is 3.42. The third-order valence-corrected chi connectivity index (χ3v) is 5.01. The second-order valence-corrected chi connectivity index (χ2v) is 7.16. The molecule has 34 heavy (non-hydrogen) atoms. The topological polar surface area (TPSA) is 127 Å². The van der Waals surface area contributed by atoms with Crippen LogP contribution in [-0.4, -0.2) is 30.6 Å². The van der Waals surface area contributed by atoms with Crippen LogP contribution in [0.5, 0.6) is 0 Å². The molecule has 168 valence electrons. The van der Waals surface area contributed by atoms with E-state index >= 15 is 0 Å².